The third-order valence-electron chi connectivity index (χ3n) is 2.90. The molecule has 1 amide bonds. The fourth-order valence-corrected chi connectivity index (χ4v) is 1.65. The van der Waals surface area contributed by atoms with Crippen LogP contribution in [0.5, 0.6) is 0 Å². The van der Waals surface area contributed by atoms with E-state index >= 15 is 0 Å². The van der Waals surface area contributed by atoms with Crippen molar-refractivity contribution in [3.05, 3.63) is 23.8 Å². The number of anilines is 2. The van der Waals surface area contributed by atoms with Gasteiger partial charge >= 0.3 is 0 Å². The van der Waals surface area contributed by atoms with Gasteiger partial charge in [0.05, 0.1) is 12.2 Å². The molecule has 1 aliphatic rings. The third-order valence-corrected chi connectivity index (χ3v) is 2.90. The number of benzene rings is 1. The number of carbonyl (C=O) groups is 1. The Morgan fingerprint density at radius 1 is 1.39 bits per heavy atom. The molecule has 1 fully saturated rings. The van der Waals surface area contributed by atoms with Crippen molar-refractivity contribution in [2.45, 2.75) is 12.8 Å². The number of nitrogen functional groups attached to an aromatic ring is 2. The van der Waals surface area contributed by atoms with Gasteiger partial charge in [-0.25, -0.2) is 0 Å². The summed E-state index contributed by atoms with van der Waals surface area (Å²) in [6, 6.07) is 4.87. The number of rotatable bonds is 6. The molecule has 0 atom stereocenters. The van der Waals surface area contributed by atoms with Crippen LogP contribution in [0.25, 0.3) is 0 Å². The maximum Gasteiger partial charge on any atom is 0.253 e. The molecule has 0 aliphatic heterocycles. The Labute approximate surface area is 106 Å². The van der Waals surface area contributed by atoms with Crippen molar-refractivity contribution in [3.63, 3.8) is 0 Å². The van der Waals surface area contributed by atoms with E-state index in [0.29, 0.717) is 30.1 Å². The highest BCUT2D eigenvalue weighted by Gasteiger charge is 2.20. The smallest absolute Gasteiger partial charge is 0.253 e. The lowest BCUT2D eigenvalue weighted by atomic mass is 10.1. The van der Waals surface area contributed by atoms with E-state index in [1.165, 1.54) is 12.8 Å². The van der Waals surface area contributed by atoms with Crippen LogP contribution in [0.3, 0.4) is 0 Å². The van der Waals surface area contributed by atoms with Crippen LogP contribution in [-0.2, 0) is 4.74 Å². The largest absolute Gasteiger partial charge is 0.399 e. The maximum absolute atomic E-state index is 11.8. The zero-order chi connectivity index (χ0) is 13.0. The van der Waals surface area contributed by atoms with E-state index in [1.54, 1.807) is 18.2 Å². The molecule has 0 radical (unpaired) electrons. The predicted molar refractivity (Wildman–Crippen MR) is 71.1 cm³/mol. The average Bonchev–Trinajstić information content (AvgIpc) is 3.12. The highest BCUT2D eigenvalue weighted by atomic mass is 16.5. The SMILES string of the molecule is Nc1ccc(C(=O)NCCOCC2CC2)c(N)c1. The second-order valence-corrected chi connectivity index (χ2v) is 4.62. The molecule has 0 aromatic heterocycles. The Morgan fingerprint density at radius 2 is 2.17 bits per heavy atom. The van der Waals surface area contributed by atoms with E-state index in [-0.39, 0.29) is 5.91 Å². The molecule has 98 valence electrons. The van der Waals surface area contributed by atoms with Gasteiger partial charge in [-0.3, -0.25) is 4.79 Å². The summed E-state index contributed by atoms with van der Waals surface area (Å²) in [5.74, 6) is 0.552. The zero-order valence-corrected chi connectivity index (χ0v) is 10.3. The van der Waals surface area contributed by atoms with Gasteiger partial charge in [0.25, 0.3) is 5.91 Å². The molecular weight excluding hydrogens is 230 g/mol. The van der Waals surface area contributed by atoms with E-state index < -0.39 is 0 Å². The zero-order valence-electron chi connectivity index (χ0n) is 10.3. The number of hydrogen-bond acceptors (Lipinski definition) is 4. The molecule has 5 nitrogen and oxygen atoms in total. The molecule has 1 aromatic carbocycles. The lowest BCUT2D eigenvalue weighted by Crippen LogP contribution is -2.28. The summed E-state index contributed by atoms with van der Waals surface area (Å²) in [7, 11) is 0. The van der Waals surface area contributed by atoms with E-state index in [9.17, 15) is 4.79 Å². The summed E-state index contributed by atoms with van der Waals surface area (Å²) >= 11 is 0. The lowest BCUT2D eigenvalue weighted by Gasteiger charge is -2.08. The van der Waals surface area contributed by atoms with Crippen LogP contribution in [0.15, 0.2) is 18.2 Å². The van der Waals surface area contributed by atoms with Crippen molar-refractivity contribution in [3.8, 4) is 0 Å². The number of amides is 1. The molecule has 18 heavy (non-hydrogen) atoms. The summed E-state index contributed by atoms with van der Waals surface area (Å²) in [4.78, 5) is 11.8. The molecule has 1 saturated carbocycles. The summed E-state index contributed by atoms with van der Waals surface area (Å²) in [6.07, 6.45) is 2.54. The molecular formula is C13H19N3O2. The average molecular weight is 249 g/mol. The Bertz CT molecular complexity index is 430. The minimum atomic E-state index is -0.192. The molecule has 5 heteroatoms. The van der Waals surface area contributed by atoms with E-state index in [0.717, 1.165) is 12.5 Å². The van der Waals surface area contributed by atoms with Gasteiger partial charge < -0.3 is 21.5 Å². The van der Waals surface area contributed by atoms with Crippen LogP contribution >= 0.6 is 0 Å². The van der Waals surface area contributed by atoms with Crippen molar-refractivity contribution in [1.82, 2.24) is 5.32 Å². The van der Waals surface area contributed by atoms with Gasteiger partial charge in [0.15, 0.2) is 0 Å². The normalized spacial score (nSPS) is 14.4. The van der Waals surface area contributed by atoms with Crippen molar-refractivity contribution >= 4 is 17.3 Å². The molecule has 1 aliphatic carbocycles. The van der Waals surface area contributed by atoms with Gasteiger partial charge in [-0.1, -0.05) is 0 Å². The van der Waals surface area contributed by atoms with Gasteiger partial charge in [0, 0.05) is 24.5 Å². The van der Waals surface area contributed by atoms with Crippen LogP contribution < -0.4 is 16.8 Å². The molecule has 0 saturated heterocycles. The predicted octanol–water partition coefficient (Wildman–Crippen LogP) is 1.01. The van der Waals surface area contributed by atoms with E-state index in [4.69, 9.17) is 16.2 Å². The fraction of sp³-hybridized carbons (Fsp3) is 0.462. The van der Waals surface area contributed by atoms with E-state index in [1.807, 2.05) is 0 Å². The second-order valence-electron chi connectivity index (χ2n) is 4.62. The van der Waals surface area contributed by atoms with Crippen LogP contribution in [0, 0.1) is 5.92 Å². The Hall–Kier alpha value is -1.75. The number of ether oxygens (including phenoxy) is 1. The molecule has 0 heterocycles. The third kappa shape index (κ3) is 3.63. The van der Waals surface area contributed by atoms with Crippen LogP contribution in [-0.4, -0.2) is 25.7 Å². The van der Waals surface area contributed by atoms with Crippen molar-refractivity contribution in [1.29, 1.82) is 0 Å². The lowest BCUT2D eigenvalue weighted by molar-refractivity contribution is 0.0907. The summed E-state index contributed by atoms with van der Waals surface area (Å²) < 4.78 is 5.43. The molecule has 0 spiro atoms. The van der Waals surface area contributed by atoms with Gasteiger partial charge in [0.1, 0.15) is 0 Å². The summed E-state index contributed by atoms with van der Waals surface area (Å²) in [5.41, 5.74) is 12.7. The fourth-order valence-electron chi connectivity index (χ4n) is 1.65. The summed E-state index contributed by atoms with van der Waals surface area (Å²) in [5, 5.41) is 2.77. The van der Waals surface area contributed by atoms with Gasteiger partial charge in [-0.15, -0.1) is 0 Å². The molecule has 0 bridgehead atoms. The maximum atomic E-state index is 11.8. The van der Waals surface area contributed by atoms with E-state index in [2.05, 4.69) is 5.32 Å². The molecule has 1 aromatic rings. The number of hydrogen-bond donors (Lipinski definition) is 3. The van der Waals surface area contributed by atoms with Crippen LogP contribution in [0.4, 0.5) is 11.4 Å². The molecule has 2 rings (SSSR count). The van der Waals surface area contributed by atoms with Crippen LogP contribution in [0.2, 0.25) is 0 Å². The van der Waals surface area contributed by atoms with Gasteiger partial charge in [-0.2, -0.15) is 0 Å². The van der Waals surface area contributed by atoms with Crippen LogP contribution in [0.1, 0.15) is 23.2 Å². The highest BCUT2D eigenvalue weighted by Crippen LogP contribution is 2.28. The van der Waals surface area contributed by atoms with Gasteiger partial charge in [-0.05, 0) is 37.0 Å². The first-order chi connectivity index (χ1) is 8.66. The number of nitrogens with one attached hydrogen (secondary N) is 1. The molecule has 5 N–H and O–H groups in total. The number of carbonyl (C=O) groups excluding carboxylic acids is 1. The quantitative estimate of drug-likeness (QED) is 0.518. The Balaban J connectivity index is 1.72. The minimum absolute atomic E-state index is 0.192. The second kappa shape index (κ2) is 5.73. The monoisotopic (exact) mass is 249 g/mol. The Morgan fingerprint density at radius 3 is 2.83 bits per heavy atom. The first kappa shape index (κ1) is 12.7. The molecule has 0 unspecified atom stereocenters. The highest BCUT2D eigenvalue weighted by molar-refractivity contribution is 5.99. The topological polar surface area (TPSA) is 90.4 Å². The Kier molecular flexibility index (Phi) is 4.04. The van der Waals surface area contributed by atoms with Crippen molar-refractivity contribution in [2.24, 2.45) is 5.92 Å². The first-order valence-corrected chi connectivity index (χ1v) is 6.18. The minimum Gasteiger partial charge on any atom is -0.399 e. The van der Waals surface area contributed by atoms with Crippen molar-refractivity contribution in [2.75, 3.05) is 31.2 Å². The standard InChI is InChI=1S/C13H19N3O2/c14-10-3-4-11(12(15)7-10)13(17)16-5-6-18-8-9-1-2-9/h3-4,7,9H,1-2,5-6,8,14-15H2,(H,16,17). The summed E-state index contributed by atoms with van der Waals surface area (Å²) in [6.45, 7) is 1.84. The first-order valence-electron chi connectivity index (χ1n) is 6.18. The number of nitrogens with two attached hydrogens (primary N) is 2. The van der Waals surface area contributed by atoms with Crippen molar-refractivity contribution < 1.29 is 9.53 Å². The van der Waals surface area contributed by atoms with Gasteiger partial charge in [0.2, 0.25) is 0 Å².